The highest BCUT2D eigenvalue weighted by molar-refractivity contribution is 5.94. The van der Waals surface area contributed by atoms with Crippen molar-refractivity contribution in [3.63, 3.8) is 0 Å². The summed E-state index contributed by atoms with van der Waals surface area (Å²) < 4.78 is 1.99. The normalized spacial score (nSPS) is 19.3. The summed E-state index contributed by atoms with van der Waals surface area (Å²) in [5.74, 6) is -0.166. The van der Waals surface area contributed by atoms with Crippen LogP contribution in [0.1, 0.15) is 22.3 Å². The van der Waals surface area contributed by atoms with Gasteiger partial charge < -0.3 is 20.3 Å². The maximum atomic E-state index is 12.4. The fourth-order valence-corrected chi connectivity index (χ4v) is 3.33. The van der Waals surface area contributed by atoms with E-state index in [2.05, 4.69) is 20.6 Å². The second-order valence-electron chi connectivity index (χ2n) is 7.00. The van der Waals surface area contributed by atoms with Crippen LogP contribution in [-0.2, 0) is 6.54 Å². The van der Waals surface area contributed by atoms with Gasteiger partial charge in [-0.05, 0) is 36.7 Å². The first kappa shape index (κ1) is 18.3. The molecule has 0 bridgehead atoms. The average Bonchev–Trinajstić information content (AvgIpc) is 3.23. The van der Waals surface area contributed by atoms with Gasteiger partial charge >= 0.3 is 0 Å². The molecule has 0 radical (unpaired) electrons. The summed E-state index contributed by atoms with van der Waals surface area (Å²) in [4.78, 5) is 21.0. The number of carbonyl (C=O) groups is 1. The van der Waals surface area contributed by atoms with Gasteiger partial charge in [-0.25, -0.2) is 4.98 Å². The first-order valence-corrected chi connectivity index (χ1v) is 9.40. The maximum absolute atomic E-state index is 12.4. The molecule has 1 fully saturated rings. The zero-order valence-corrected chi connectivity index (χ0v) is 15.5. The van der Waals surface area contributed by atoms with Crippen LogP contribution in [0, 0.1) is 0 Å². The van der Waals surface area contributed by atoms with E-state index in [4.69, 9.17) is 0 Å². The van der Waals surface area contributed by atoms with Crippen molar-refractivity contribution in [2.24, 2.45) is 0 Å². The smallest absolute Gasteiger partial charge is 0.251 e. The first-order chi connectivity index (χ1) is 13.7. The molecule has 1 aromatic carbocycles. The van der Waals surface area contributed by atoms with Gasteiger partial charge in [0.2, 0.25) is 0 Å². The Balaban J connectivity index is 1.40. The number of benzene rings is 1. The predicted molar refractivity (Wildman–Crippen MR) is 106 cm³/mol. The number of piperidine rings is 1. The van der Waals surface area contributed by atoms with E-state index in [1.807, 2.05) is 41.2 Å². The van der Waals surface area contributed by atoms with Gasteiger partial charge in [-0.15, -0.1) is 0 Å². The Hall–Kier alpha value is -3.03. The zero-order valence-electron chi connectivity index (χ0n) is 15.5. The number of aliphatic hydroxyl groups is 1. The van der Waals surface area contributed by atoms with Gasteiger partial charge in [-0.1, -0.05) is 18.2 Å². The number of nitrogens with one attached hydrogen (secondary N) is 2. The van der Waals surface area contributed by atoms with Gasteiger partial charge in [0.15, 0.2) is 0 Å². The minimum Gasteiger partial charge on any atom is -0.390 e. The van der Waals surface area contributed by atoms with Crippen molar-refractivity contribution in [1.82, 2.24) is 25.2 Å². The number of β-amino-alcohol motifs (C(OH)–C–C–N with tert-alkyl or cyclic N) is 1. The second-order valence-corrected chi connectivity index (χ2v) is 7.00. The van der Waals surface area contributed by atoms with Crippen LogP contribution in [-0.4, -0.2) is 50.8 Å². The van der Waals surface area contributed by atoms with Crippen LogP contribution < -0.4 is 10.6 Å². The van der Waals surface area contributed by atoms with Crippen molar-refractivity contribution in [3.05, 3.63) is 72.4 Å². The molecular weight excluding hydrogens is 354 g/mol. The molecule has 0 aliphatic carbocycles. The van der Waals surface area contributed by atoms with Gasteiger partial charge in [-0.3, -0.25) is 9.78 Å². The molecule has 3 N–H and O–H groups in total. The lowest BCUT2D eigenvalue weighted by Crippen LogP contribution is -2.52. The van der Waals surface area contributed by atoms with Crippen LogP contribution in [0.4, 0.5) is 0 Å². The number of nitrogens with zero attached hydrogens (tertiary/aromatic N) is 3. The predicted octanol–water partition coefficient (Wildman–Crippen LogP) is 1.45. The van der Waals surface area contributed by atoms with Crippen LogP contribution >= 0.6 is 0 Å². The van der Waals surface area contributed by atoms with Crippen LogP contribution in [0.3, 0.4) is 0 Å². The largest absolute Gasteiger partial charge is 0.390 e. The van der Waals surface area contributed by atoms with Gasteiger partial charge in [-0.2, -0.15) is 0 Å². The summed E-state index contributed by atoms with van der Waals surface area (Å²) in [5, 5.41) is 16.0. The van der Waals surface area contributed by atoms with Gasteiger partial charge in [0.05, 0.1) is 24.2 Å². The van der Waals surface area contributed by atoms with Crippen molar-refractivity contribution < 1.29 is 9.90 Å². The van der Waals surface area contributed by atoms with E-state index in [0.29, 0.717) is 12.1 Å². The number of hydrogen-bond donors (Lipinski definition) is 3. The SMILES string of the molecule is O=C(N[C@@H]1CCNC[C@H]1O)c1ccc(-c2ccc(Cn3ccnc3)cn2)cc1. The van der Waals surface area contributed by atoms with Gasteiger partial charge in [0, 0.05) is 42.8 Å². The fraction of sp³-hybridized carbons (Fsp3) is 0.286. The molecule has 28 heavy (non-hydrogen) atoms. The molecular formula is C21H23N5O2. The average molecular weight is 377 g/mol. The third-order valence-electron chi connectivity index (χ3n) is 4.96. The number of pyridine rings is 1. The molecule has 1 aliphatic heterocycles. The van der Waals surface area contributed by atoms with Crippen LogP contribution in [0.2, 0.25) is 0 Å². The number of imidazole rings is 1. The topological polar surface area (TPSA) is 92.1 Å². The lowest BCUT2D eigenvalue weighted by molar-refractivity contribution is 0.0765. The summed E-state index contributed by atoms with van der Waals surface area (Å²) >= 11 is 0. The molecule has 3 heterocycles. The lowest BCUT2D eigenvalue weighted by Gasteiger charge is -2.29. The van der Waals surface area contributed by atoms with Crippen molar-refractivity contribution in [2.75, 3.05) is 13.1 Å². The summed E-state index contributed by atoms with van der Waals surface area (Å²) in [6.07, 6.45) is 7.48. The molecule has 0 saturated carbocycles. The zero-order chi connectivity index (χ0) is 19.3. The molecule has 2 atom stereocenters. The summed E-state index contributed by atoms with van der Waals surface area (Å²) in [6.45, 7) is 2.03. The fourth-order valence-electron chi connectivity index (χ4n) is 3.33. The summed E-state index contributed by atoms with van der Waals surface area (Å²) in [5.41, 5.74) is 3.48. The molecule has 1 amide bonds. The number of aromatic nitrogens is 3. The quantitative estimate of drug-likeness (QED) is 0.626. The van der Waals surface area contributed by atoms with Crippen LogP contribution in [0.5, 0.6) is 0 Å². The van der Waals surface area contributed by atoms with Crippen LogP contribution in [0.15, 0.2) is 61.3 Å². The Morgan fingerprint density at radius 2 is 2.11 bits per heavy atom. The molecule has 4 rings (SSSR count). The molecule has 3 aromatic rings. The molecule has 1 saturated heterocycles. The Labute approximate surface area is 163 Å². The van der Waals surface area contributed by atoms with E-state index in [-0.39, 0.29) is 11.9 Å². The molecule has 2 aromatic heterocycles. The molecule has 0 spiro atoms. The Morgan fingerprint density at radius 1 is 1.25 bits per heavy atom. The van der Waals surface area contributed by atoms with Gasteiger partial charge in [0.1, 0.15) is 0 Å². The Bertz CT molecular complexity index is 907. The minimum atomic E-state index is -0.554. The van der Waals surface area contributed by atoms with E-state index in [9.17, 15) is 9.90 Å². The molecule has 7 nitrogen and oxygen atoms in total. The first-order valence-electron chi connectivity index (χ1n) is 9.40. The third kappa shape index (κ3) is 4.27. The number of aliphatic hydroxyl groups excluding tert-OH is 1. The Morgan fingerprint density at radius 3 is 2.79 bits per heavy atom. The number of amides is 1. The highest BCUT2D eigenvalue weighted by atomic mass is 16.3. The van der Waals surface area contributed by atoms with Gasteiger partial charge in [0.25, 0.3) is 5.91 Å². The van der Waals surface area contributed by atoms with E-state index in [1.165, 1.54) is 0 Å². The van der Waals surface area contributed by atoms with Crippen molar-refractivity contribution in [1.29, 1.82) is 0 Å². The number of hydrogen-bond acceptors (Lipinski definition) is 5. The molecule has 144 valence electrons. The van der Waals surface area contributed by atoms with E-state index < -0.39 is 6.10 Å². The third-order valence-corrected chi connectivity index (χ3v) is 4.96. The van der Waals surface area contributed by atoms with Crippen molar-refractivity contribution in [2.45, 2.75) is 25.1 Å². The van der Waals surface area contributed by atoms with E-state index in [0.717, 1.165) is 36.3 Å². The number of rotatable bonds is 5. The van der Waals surface area contributed by atoms with Crippen molar-refractivity contribution in [3.8, 4) is 11.3 Å². The lowest BCUT2D eigenvalue weighted by atomic mass is 10.0. The number of carbonyl (C=O) groups excluding carboxylic acids is 1. The maximum Gasteiger partial charge on any atom is 0.251 e. The standard InChI is InChI=1S/C21H23N5O2/c27-20-12-22-8-7-19(20)25-21(28)17-4-2-16(3-5-17)18-6-1-15(11-24-18)13-26-10-9-23-14-26/h1-6,9-11,14,19-20,22,27H,7-8,12-13H2,(H,25,28)/t19-,20-/m1/s1. The highest BCUT2D eigenvalue weighted by Gasteiger charge is 2.24. The van der Waals surface area contributed by atoms with E-state index >= 15 is 0 Å². The summed E-state index contributed by atoms with van der Waals surface area (Å²) in [7, 11) is 0. The second kappa shape index (κ2) is 8.33. The Kier molecular flexibility index (Phi) is 5.45. The minimum absolute atomic E-state index is 0.166. The summed E-state index contributed by atoms with van der Waals surface area (Å²) in [6, 6.07) is 11.2. The molecule has 0 unspecified atom stereocenters. The highest BCUT2D eigenvalue weighted by Crippen LogP contribution is 2.18. The van der Waals surface area contributed by atoms with Crippen LogP contribution in [0.25, 0.3) is 11.3 Å². The van der Waals surface area contributed by atoms with E-state index in [1.54, 1.807) is 24.7 Å². The monoisotopic (exact) mass is 377 g/mol. The molecule has 7 heteroatoms. The van der Waals surface area contributed by atoms with Crippen molar-refractivity contribution >= 4 is 5.91 Å². The molecule has 1 aliphatic rings.